The fourth-order valence-corrected chi connectivity index (χ4v) is 3.67. The van der Waals surface area contributed by atoms with E-state index in [9.17, 15) is 0 Å². The second-order valence-corrected chi connectivity index (χ2v) is 6.92. The first-order valence-corrected chi connectivity index (χ1v) is 9.21. The third-order valence-corrected chi connectivity index (χ3v) is 4.99. The van der Waals surface area contributed by atoms with Gasteiger partial charge >= 0.3 is 0 Å². The molecule has 1 aromatic heterocycles. The number of hydrogen-bond donors (Lipinski definition) is 0. The third kappa shape index (κ3) is 2.96. The maximum absolute atomic E-state index is 6.16. The summed E-state index contributed by atoms with van der Waals surface area (Å²) >= 11 is 1.72. The number of hydrogen-bond acceptors (Lipinski definition) is 5. The van der Waals surface area contributed by atoms with E-state index in [-0.39, 0.29) is 0 Å². The van der Waals surface area contributed by atoms with Gasteiger partial charge in [0.1, 0.15) is 5.03 Å². The van der Waals surface area contributed by atoms with Gasteiger partial charge in [0.2, 0.25) is 5.88 Å². The minimum Gasteiger partial charge on any atom is -0.493 e. The molecule has 0 N–H and O–H groups in total. The molecule has 1 aliphatic heterocycles. The van der Waals surface area contributed by atoms with Crippen LogP contribution >= 0.6 is 11.8 Å². The first-order chi connectivity index (χ1) is 12.3. The van der Waals surface area contributed by atoms with Gasteiger partial charge < -0.3 is 9.47 Å². The highest BCUT2D eigenvalue weighted by Gasteiger charge is 2.26. The van der Waals surface area contributed by atoms with Crippen molar-refractivity contribution in [3.05, 3.63) is 59.7 Å². The van der Waals surface area contributed by atoms with E-state index in [1.165, 1.54) is 0 Å². The zero-order valence-electron chi connectivity index (χ0n) is 14.2. The van der Waals surface area contributed by atoms with Gasteiger partial charge in [-0.25, -0.2) is 4.98 Å². The van der Waals surface area contributed by atoms with E-state index >= 15 is 0 Å². The van der Waals surface area contributed by atoms with Gasteiger partial charge in [-0.3, -0.25) is 0 Å². The fraction of sp³-hybridized carbons (Fsp3) is 0.200. The molecule has 4 nitrogen and oxygen atoms in total. The lowest BCUT2D eigenvalue weighted by Crippen LogP contribution is -2.10. The molecule has 0 amide bonds. The Balaban J connectivity index is 1.84. The molecule has 25 heavy (non-hydrogen) atoms. The number of aromatic nitrogens is 2. The second kappa shape index (κ2) is 6.76. The van der Waals surface area contributed by atoms with E-state index in [0.29, 0.717) is 11.7 Å². The Morgan fingerprint density at radius 3 is 2.68 bits per heavy atom. The number of fused-ring (bicyclic) bond motifs is 2. The number of para-hydroxylation sites is 1. The number of ether oxygens (including phenoxy) is 2. The molecule has 0 spiro atoms. The highest BCUT2D eigenvalue weighted by molar-refractivity contribution is 7.99. The van der Waals surface area contributed by atoms with Crippen LogP contribution < -0.4 is 9.47 Å². The van der Waals surface area contributed by atoms with E-state index in [1.54, 1.807) is 18.9 Å². The summed E-state index contributed by atoms with van der Waals surface area (Å²) in [6.45, 7) is 2.13. The van der Waals surface area contributed by atoms with Crippen molar-refractivity contribution >= 4 is 11.8 Å². The van der Waals surface area contributed by atoms with Gasteiger partial charge in [0.15, 0.2) is 17.3 Å². The molecule has 3 aromatic rings. The molecule has 0 aliphatic carbocycles. The summed E-state index contributed by atoms with van der Waals surface area (Å²) < 4.78 is 11.6. The molecule has 0 unspecified atom stereocenters. The van der Waals surface area contributed by atoms with Crippen LogP contribution in [0.4, 0.5) is 0 Å². The minimum atomic E-state index is 0.627. The fourth-order valence-electron chi connectivity index (χ4n) is 2.92. The van der Waals surface area contributed by atoms with Crippen molar-refractivity contribution in [2.45, 2.75) is 18.4 Å². The Bertz CT molecular complexity index is 913. The Hall–Kier alpha value is -2.53. The largest absolute Gasteiger partial charge is 0.493 e. The number of thioether (sulfide) groups is 1. The molecule has 0 atom stereocenters. The number of methoxy groups -OCH3 is 1. The van der Waals surface area contributed by atoms with E-state index in [1.807, 2.05) is 42.5 Å². The molecule has 2 aromatic carbocycles. The lowest BCUT2D eigenvalue weighted by atomic mass is 10.0. The Morgan fingerprint density at radius 1 is 1.08 bits per heavy atom. The predicted octanol–water partition coefficient (Wildman–Crippen LogP) is 4.96. The quantitative estimate of drug-likeness (QED) is 0.384. The van der Waals surface area contributed by atoms with Crippen molar-refractivity contribution in [3.8, 4) is 28.8 Å². The smallest absolute Gasteiger partial charge is 0.227 e. The molecule has 126 valence electrons. The van der Waals surface area contributed by atoms with Gasteiger partial charge in [0.25, 0.3) is 0 Å². The second-order valence-electron chi connectivity index (χ2n) is 5.66. The zero-order chi connectivity index (χ0) is 17.2. The van der Waals surface area contributed by atoms with Crippen molar-refractivity contribution in [2.75, 3.05) is 12.9 Å². The number of benzene rings is 2. The predicted molar refractivity (Wildman–Crippen MR) is 99.7 cm³/mol. The van der Waals surface area contributed by atoms with Crippen LogP contribution in [0, 0.1) is 0 Å². The molecule has 0 saturated heterocycles. The standard InChI is InChI=1S/C20H18N2O2S/c1-3-25-20-15-12-14-10-7-11-16(23-2)17(14)24-19(15)21-18(22-20)13-8-5-4-6-9-13/h4-11H,3,12H2,1-2H3. The highest BCUT2D eigenvalue weighted by atomic mass is 32.2. The summed E-state index contributed by atoms with van der Waals surface area (Å²) in [5.74, 6) is 3.74. The van der Waals surface area contributed by atoms with Crippen LogP contribution in [0.25, 0.3) is 11.4 Å². The van der Waals surface area contributed by atoms with Crippen molar-refractivity contribution in [1.29, 1.82) is 0 Å². The van der Waals surface area contributed by atoms with E-state index in [0.717, 1.165) is 45.4 Å². The molecule has 4 rings (SSSR count). The summed E-state index contributed by atoms with van der Waals surface area (Å²) in [4.78, 5) is 9.50. The van der Waals surface area contributed by atoms with Crippen molar-refractivity contribution in [3.63, 3.8) is 0 Å². The minimum absolute atomic E-state index is 0.627. The molecular weight excluding hydrogens is 332 g/mol. The SMILES string of the molecule is CCSc1nc(-c2ccccc2)nc2c1Cc1cccc(OC)c1O2. The van der Waals surface area contributed by atoms with Crippen LogP contribution in [-0.4, -0.2) is 22.8 Å². The monoisotopic (exact) mass is 350 g/mol. The Morgan fingerprint density at radius 2 is 1.92 bits per heavy atom. The molecule has 0 fully saturated rings. The zero-order valence-corrected chi connectivity index (χ0v) is 15.0. The van der Waals surface area contributed by atoms with Crippen LogP contribution in [0.15, 0.2) is 53.6 Å². The molecule has 1 aliphatic rings. The summed E-state index contributed by atoms with van der Waals surface area (Å²) in [7, 11) is 1.65. The molecule has 2 heterocycles. The van der Waals surface area contributed by atoms with Crippen molar-refractivity contribution < 1.29 is 9.47 Å². The first-order valence-electron chi connectivity index (χ1n) is 8.23. The Labute approximate surface area is 151 Å². The molecule has 0 saturated carbocycles. The highest BCUT2D eigenvalue weighted by Crippen LogP contribution is 2.44. The van der Waals surface area contributed by atoms with Crippen LogP contribution in [-0.2, 0) is 6.42 Å². The van der Waals surface area contributed by atoms with Crippen molar-refractivity contribution in [1.82, 2.24) is 9.97 Å². The van der Waals surface area contributed by atoms with Gasteiger partial charge in [-0.2, -0.15) is 4.98 Å². The van der Waals surface area contributed by atoms with Crippen LogP contribution in [0.3, 0.4) is 0 Å². The summed E-state index contributed by atoms with van der Waals surface area (Å²) in [6.07, 6.45) is 0.749. The molecular formula is C20H18N2O2S. The van der Waals surface area contributed by atoms with Gasteiger partial charge in [0.05, 0.1) is 12.7 Å². The molecule has 5 heteroatoms. The first kappa shape index (κ1) is 16.0. The lowest BCUT2D eigenvalue weighted by Gasteiger charge is -2.23. The van der Waals surface area contributed by atoms with Crippen LogP contribution in [0.1, 0.15) is 18.1 Å². The lowest BCUT2D eigenvalue weighted by molar-refractivity contribution is 0.364. The van der Waals surface area contributed by atoms with Crippen molar-refractivity contribution in [2.24, 2.45) is 0 Å². The van der Waals surface area contributed by atoms with E-state index in [2.05, 4.69) is 13.0 Å². The molecule has 0 bridgehead atoms. The molecule has 0 radical (unpaired) electrons. The summed E-state index contributed by atoms with van der Waals surface area (Å²) in [5.41, 5.74) is 3.13. The summed E-state index contributed by atoms with van der Waals surface area (Å²) in [5, 5.41) is 0.986. The van der Waals surface area contributed by atoms with Gasteiger partial charge in [-0.05, 0) is 11.8 Å². The average Bonchev–Trinajstić information content (AvgIpc) is 2.67. The number of rotatable bonds is 4. The topological polar surface area (TPSA) is 44.2 Å². The number of nitrogens with zero attached hydrogens (tertiary/aromatic N) is 2. The Kier molecular flexibility index (Phi) is 4.32. The van der Waals surface area contributed by atoms with E-state index in [4.69, 9.17) is 19.4 Å². The summed E-state index contributed by atoms with van der Waals surface area (Å²) in [6, 6.07) is 15.9. The average molecular weight is 350 g/mol. The van der Waals surface area contributed by atoms with Gasteiger partial charge in [-0.1, -0.05) is 49.4 Å². The van der Waals surface area contributed by atoms with Crippen LogP contribution in [0.2, 0.25) is 0 Å². The normalized spacial score (nSPS) is 12.1. The van der Waals surface area contributed by atoms with Gasteiger partial charge in [-0.15, -0.1) is 11.8 Å². The van der Waals surface area contributed by atoms with Gasteiger partial charge in [0, 0.05) is 17.5 Å². The maximum Gasteiger partial charge on any atom is 0.227 e. The van der Waals surface area contributed by atoms with Crippen LogP contribution in [0.5, 0.6) is 17.4 Å². The maximum atomic E-state index is 6.16. The van der Waals surface area contributed by atoms with E-state index < -0.39 is 0 Å². The third-order valence-electron chi connectivity index (χ3n) is 4.09.